The minimum Gasteiger partial charge on any atom is -0.489 e. The fourth-order valence-electron chi connectivity index (χ4n) is 2.36. The van der Waals surface area contributed by atoms with E-state index in [0.717, 1.165) is 22.6 Å². The van der Waals surface area contributed by atoms with Crippen molar-refractivity contribution in [1.82, 2.24) is 0 Å². The first-order chi connectivity index (χ1) is 12.6. The van der Waals surface area contributed by atoms with Crippen LogP contribution in [0.2, 0.25) is 5.02 Å². The maximum absolute atomic E-state index is 10.6. The highest BCUT2D eigenvalue weighted by atomic mass is 35.5. The predicted octanol–water partition coefficient (Wildman–Crippen LogP) is 5.44. The smallest absolute Gasteiger partial charge is 0.269 e. The molecule has 3 aromatic rings. The Morgan fingerprint density at radius 2 is 1.50 bits per heavy atom. The van der Waals surface area contributed by atoms with Gasteiger partial charge in [-0.05, 0) is 59.7 Å². The van der Waals surface area contributed by atoms with Gasteiger partial charge in [-0.2, -0.15) is 0 Å². The molecule has 0 saturated carbocycles. The van der Waals surface area contributed by atoms with Crippen LogP contribution in [0.15, 0.2) is 72.8 Å². The molecule has 0 bridgehead atoms. The van der Waals surface area contributed by atoms with E-state index >= 15 is 0 Å². The van der Waals surface area contributed by atoms with Crippen molar-refractivity contribution in [2.75, 3.05) is 5.32 Å². The Morgan fingerprint density at radius 3 is 2.12 bits per heavy atom. The summed E-state index contributed by atoms with van der Waals surface area (Å²) in [5, 5.41) is 14.7. The summed E-state index contributed by atoms with van der Waals surface area (Å²) >= 11 is 5.87. The molecule has 0 aliphatic rings. The molecule has 0 unspecified atom stereocenters. The third kappa shape index (κ3) is 4.97. The second-order valence-electron chi connectivity index (χ2n) is 5.72. The highest BCUT2D eigenvalue weighted by molar-refractivity contribution is 6.30. The zero-order valence-electron chi connectivity index (χ0n) is 13.9. The number of nitro benzene ring substituents is 1. The van der Waals surface area contributed by atoms with Crippen molar-refractivity contribution in [2.24, 2.45) is 0 Å². The fourth-order valence-corrected chi connectivity index (χ4v) is 2.48. The maximum atomic E-state index is 10.6. The van der Waals surface area contributed by atoms with Gasteiger partial charge >= 0.3 is 0 Å². The number of ether oxygens (including phenoxy) is 1. The number of hydrogen-bond acceptors (Lipinski definition) is 4. The molecule has 0 amide bonds. The minimum atomic E-state index is -0.415. The van der Waals surface area contributed by atoms with E-state index in [1.807, 2.05) is 48.5 Å². The van der Waals surface area contributed by atoms with Crippen LogP contribution in [0, 0.1) is 10.1 Å². The van der Waals surface area contributed by atoms with Crippen molar-refractivity contribution < 1.29 is 9.66 Å². The molecule has 0 heterocycles. The lowest BCUT2D eigenvalue weighted by Gasteiger charge is -2.09. The zero-order valence-corrected chi connectivity index (χ0v) is 14.6. The van der Waals surface area contributed by atoms with Crippen molar-refractivity contribution in [3.8, 4) is 5.75 Å². The van der Waals surface area contributed by atoms with E-state index in [-0.39, 0.29) is 5.69 Å². The zero-order chi connectivity index (χ0) is 18.4. The highest BCUT2D eigenvalue weighted by Gasteiger charge is 2.04. The highest BCUT2D eigenvalue weighted by Crippen LogP contribution is 2.18. The SMILES string of the molecule is O=[N+]([O-])c1ccc(COc2ccc(CNc3ccc(Cl)cc3)cc2)cc1. The van der Waals surface area contributed by atoms with Crippen LogP contribution >= 0.6 is 11.6 Å². The average molecular weight is 369 g/mol. The van der Waals surface area contributed by atoms with Crippen LogP contribution in [-0.4, -0.2) is 4.92 Å². The molecule has 3 aromatic carbocycles. The molecule has 6 heteroatoms. The van der Waals surface area contributed by atoms with E-state index in [0.29, 0.717) is 18.2 Å². The number of anilines is 1. The lowest BCUT2D eigenvalue weighted by Crippen LogP contribution is -2.00. The molecule has 132 valence electrons. The number of hydrogen-bond donors (Lipinski definition) is 1. The summed E-state index contributed by atoms with van der Waals surface area (Å²) in [7, 11) is 0. The van der Waals surface area contributed by atoms with Crippen molar-refractivity contribution in [1.29, 1.82) is 0 Å². The van der Waals surface area contributed by atoms with Crippen LogP contribution in [0.1, 0.15) is 11.1 Å². The topological polar surface area (TPSA) is 64.4 Å². The monoisotopic (exact) mass is 368 g/mol. The van der Waals surface area contributed by atoms with E-state index < -0.39 is 4.92 Å². The number of halogens is 1. The summed E-state index contributed by atoms with van der Waals surface area (Å²) in [5.74, 6) is 0.749. The molecule has 0 saturated heterocycles. The van der Waals surface area contributed by atoms with Crippen molar-refractivity contribution in [3.05, 3.63) is 99.1 Å². The standard InChI is InChI=1S/C20H17ClN2O3/c21-17-5-7-18(8-6-17)22-13-15-3-11-20(12-4-15)26-14-16-1-9-19(10-2-16)23(24)25/h1-12,22H,13-14H2. The first-order valence-electron chi connectivity index (χ1n) is 8.05. The van der Waals surface area contributed by atoms with Crippen LogP contribution in [-0.2, 0) is 13.2 Å². The van der Waals surface area contributed by atoms with Gasteiger partial charge in [-0.25, -0.2) is 0 Å². The Hall–Kier alpha value is -3.05. The quantitative estimate of drug-likeness (QED) is 0.445. The fraction of sp³-hybridized carbons (Fsp3) is 0.100. The molecular weight excluding hydrogens is 352 g/mol. The Labute approximate surface area is 156 Å². The average Bonchev–Trinajstić information content (AvgIpc) is 2.67. The van der Waals surface area contributed by atoms with Gasteiger partial charge < -0.3 is 10.1 Å². The molecule has 26 heavy (non-hydrogen) atoms. The molecule has 0 spiro atoms. The third-order valence-corrected chi connectivity index (χ3v) is 4.07. The number of nitro groups is 1. The summed E-state index contributed by atoms with van der Waals surface area (Å²) in [4.78, 5) is 10.2. The van der Waals surface area contributed by atoms with E-state index in [1.54, 1.807) is 12.1 Å². The van der Waals surface area contributed by atoms with Gasteiger partial charge in [-0.15, -0.1) is 0 Å². The molecule has 0 atom stereocenters. The first-order valence-corrected chi connectivity index (χ1v) is 8.42. The van der Waals surface area contributed by atoms with Crippen LogP contribution in [0.25, 0.3) is 0 Å². The summed E-state index contributed by atoms with van der Waals surface area (Å²) in [6.45, 7) is 1.06. The van der Waals surface area contributed by atoms with Gasteiger partial charge in [0.2, 0.25) is 0 Å². The second-order valence-corrected chi connectivity index (χ2v) is 6.15. The van der Waals surface area contributed by atoms with Gasteiger partial charge in [0, 0.05) is 29.4 Å². The number of nitrogens with one attached hydrogen (secondary N) is 1. The third-order valence-electron chi connectivity index (χ3n) is 3.82. The summed E-state index contributed by atoms with van der Waals surface area (Å²) in [5.41, 5.74) is 3.09. The summed E-state index contributed by atoms with van der Waals surface area (Å²) < 4.78 is 5.72. The molecule has 0 aliphatic heterocycles. The molecule has 3 rings (SSSR count). The lowest BCUT2D eigenvalue weighted by molar-refractivity contribution is -0.384. The number of non-ortho nitro benzene ring substituents is 1. The van der Waals surface area contributed by atoms with E-state index in [1.165, 1.54) is 12.1 Å². The second kappa shape index (κ2) is 8.36. The van der Waals surface area contributed by atoms with Gasteiger partial charge in [-0.3, -0.25) is 10.1 Å². The Balaban J connectivity index is 1.50. The number of nitrogens with zero attached hydrogens (tertiary/aromatic N) is 1. The molecular formula is C20H17ClN2O3. The largest absolute Gasteiger partial charge is 0.489 e. The van der Waals surface area contributed by atoms with Crippen molar-refractivity contribution >= 4 is 23.0 Å². The molecule has 1 N–H and O–H groups in total. The van der Waals surface area contributed by atoms with Gasteiger partial charge in [0.05, 0.1) is 4.92 Å². The lowest BCUT2D eigenvalue weighted by atomic mass is 10.2. The Bertz CT molecular complexity index is 863. The van der Waals surface area contributed by atoms with Crippen LogP contribution in [0.3, 0.4) is 0 Å². The van der Waals surface area contributed by atoms with Gasteiger partial charge in [0.25, 0.3) is 5.69 Å². The normalized spacial score (nSPS) is 10.3. The molecule has 0 radical (unpaired) electrons. The maximum Gasteiger partial charge on any atom is 0.269 e. The Morgan fingerprint density at radius 1 is 0.885 bits per heavy atom. The van der Waals surface area contributed by atoms with E-state index in [4.69, 9.17) is 16.3 Å². The van der Waals surface area contributed by atoms with Crippen LogP contribution in [0.4, 0.5) is 11.4 Å². The number of benzene rings is 3. The van der Waals surface area contributed by atoms with Gasteiger partial charge in [0.1, 0.15) is 12.4 Å². The van der Waals surface area contributed by atoms with E-state index in [9.17, 15) is 10.1 Å². The molecule has 0 aliphatic carbocycles. The summed E-state index contributed by atoms with van der Waals surface area (Å²) in [6, 6.07) is 21.7. The van der Waals surface area contributed by atoms with E-state index in [2.05, 4.69) is 5.32 Å². The number of rotatable bonds is 7. The minimum absolute atomic E-state index is 0.0753. The van der Waals surface area contributed by atoms with Crippen molar-refractivity contribution in [3.63, 3.8) is 0 Å². The summed E-state index contributed by atoms with van der Waals surface area (Å²) in [6.07, 6.45) is 0. The van der Waals surface area contributed by atoms with Crippen LogP contribution < -0.4 is 10.1 Å². The Kier molecular flexibility index (Phi) is 5.71. The van der Waals surface area contributed by atoms with Gasteiger partial charge in [-0.1, -0.05) is 23.7 Å². The van der Waals surface area contributed by atoms with Crippen molar-refractivity contribution in [2.45, 2.75) is 13.2 Å². The van der Waals surface area contributed by atoms with Crippen LogP contribution in [0.5, 0.6) is 5.75 Å². The predicted molar refractivity (Wildman–Crippen MR) is 103 cm³/mol. The molecule has 0 aromatic heterocycles. The molecule has 0 fully saturated rings. The van der Waals surface area contributed by atoms with Gasteiger partial charge in [0.15, 0.2) is 0 Å². The first kappa shape index (κ1) is 17.8. The molecule has 5 nitrogen and oxygen atoms in total.